The molecule has 1 unspecified atom stereocenters. The normalized spacial score (nSPS) is 16.3. The number of carbonyl (C=O) groups excluding carboxylic acids is 1. The molecule has 112 valence electrons. The van der Waals surface area contributed by atoms with Gasteiger partial charge in [0.1, 0.15) is 22.8 Å². The topological polar surface area (TPSA) is 29.5 Å². The van der Waals surface area contributed by atoms with Gasteiger partial charge in [-0.3, -0.25) is 4.79 Å². The zero-order chi connectivity index (χ0) is 15.5. The van der Waals surface area contributed by atoms with Crippen LogP contribution in [-0.4, -0.2) is 18.8 Å². The lowest BCUT2D eigenvalue weighted by atomic mass is 10.0. The van der Waals surface area contributed by atoms with Gasteiger partial charge < -0.3 is 10.8 Å². The van der Waals surface area contributed by atoms with Crippen molar-refractivity contribution in [3.05, 3.63) is 60.8 Å². The van der Waals surface area contributed by atoms with E-state index in [1.807, 2.05) is 12.1 Å². The zero-order valence-corrected chi connectivity index (χ0v) is 13.4. The van der Waals surface area contributed by atoms with Crippen LogP contribution in [0.2, 0.25) is 0 Å². The summed E-state index contributed by atoms with van der Waals surface area (Å²) in [5.74, 6) is 0.501. The highest BCUT2D eigenvalue weighted by molar-refractivity contribution is 7.98. The summed E-state index contributed by atoms with van der Waals surface area (Å²) in [5.41, 5.74) is 3.55. The maximum Gasteiger partial charge on any atom is 0.189 e. The average molecular weight is 311 g/mol. The third-order valence-electron chi connectivity index (χ3n) is 3.57. The van der Waals surface area contributed by atoms with Crippen LogP contribution in [0.3, 0.4) is 0 Å². The van der Waals surface area contributed by atoms with E-state index in [1.54, 1.807) is 6.20 Å². The van der Waals surface area contributed by atoms with Crippen molar-refractivity contribution in [2.24, 2.45) is 0 Å². The van der Waals surface area contributed by atoms with Gasteiger partial charge in [-0.05, 0) is 25.1 Å². The van der Waals surface area contributed by atoms with Crippen LogP contribution < -0.4 is 4.31 Å². The lowest BCUT2D eigenvalue weighted by Gasteiger charge is -2.30. The van der Waals surface area contributed by atoms with Gasteiger partial charge in [-0.1, -0.05) is 30.3 Å². The quantitative estimate of drug-likeness (QED) is 0.375. The van der Waals surface area contributed by atoms with E-state index in [9.17, 15) is 4.79 Å². The summed E-state index contributed by atoms with van der Waals surface area (Å²) in [6.07, 6.45) is 4.40. The Balaban J connectivity index is 2.14. The first-order valence-electron chi connectivity index (χ1n) is 7.12. The molecule has 3 nitrogen and oxygen atoms in total. The summed E-state index contributed by atoms with van der Waals surface area (Å²) in [4.78, 5) is 12.7. The third-order valence-corrected chi connectivity index (χ3v) is 5.76. The first-order chi connectivity index (χ1) is 10.8. The standard InChI is InChI=1S/C18H17NO2S/c1-3-22-17-11-7-5-9-15(17)14-8-4-6-10-16(14)19(22)13-12-18(20)21-2/h4-11,13H,3H2,1-2H3. The molecule has 2 aromatic rings. The Hall–Kier alpha value is -2.20. The Labute approximate surface area is 133 Å². The van der Waals surface area contributed by atoms with Crippen LogP contribution in [0.1, 0.15) is 6.92 Å². The Kier molecular flexibility index (Phi) is 4.20. The predicted octanol–water partition coefficient (Wildman–Crippen LogP) is 3.58. The number of hydrogen-bond acceptors (Lipinski definition) is 3. The van der Waals surface area contributed by atoms with Gasteiger partial charge in [-0.15, -0.1) is 6.20 Å². The minimum atomic E-state index is -0.462. The maximum absolute atomic E-state index is 11.4. The molecule has 0 amide bonds. The summed E-state index contributed by atoms with van der Waals surface area (Å²) >= 11 is -0.137. The van der Waals surface area contributed by atoms with Crippen molar-refractivity contribution < 1.29 is 9.53 Å². The molecule has 0 aliphatic carbocycles. The molecule has 0 N–H and O–H groups in total. The lowest BCUT2D eigenvalue weighted by molar-refractivity contribution is -0.135. The molecule has 0 fully saturated rings. The SMILES string of the molecule is CC[S+]1c2ccccc2-c2ccccc2N1C=[C-]C(=O)OC. The van der Waals surface area contributed by atoms with Crippen LogP contribution in [0.15, 0.2) is 59.6 Å². The van der Waals surface area contributed by atoms with Gasteiger partial charge >= 0.3 is 0 Å². The summed E-state index contributed by atoms with van der Waals surface area (Å²) < 4.78 is 6.80. The molecule has 0 radical (unpaired) electrons. The number of methoxy groups -OCH3 is 1. The van der Waals surface area contributed by atoms with Crippen LogP contribution in [0, 0.1) is 6.08 Å². The molecule has 22 heavy (non-hydrogen) atoms. The number of anilines is 1. The smallest absolute Gasteiger partial charge is 0.189 e. The number of fused-ring (bicyclic) bond motifs is 3. The van der Waals surface area contributed by atoms with E-state index in [2.05, 4.69) is 58.4 Å². The van der Waals surface area contributed by atoms with Crippen LogP contribution in [-0.2, 0) is 20.6 Å². The van der Waals surface area contributed by atoms with Crippen molar-refractivity contribution in [3.8, 4) is 11.1 Å². The molecular formula is C18H17NO2S. The van der Waals surface area contributed by atoms with Gasteiger partial charge in [-0.2, -0.15) is 4.31 Å². The summed E-state index contributed by atoms with van der Waals surface area (Å²) in [5, 5.41) is 0. The van der Waals surface area contributed by atoms with Gasteiger partial charge in [0, 0.05) is 11.1 Å². The van der Waals surface area contributed by atoms with Gasteiger partial charge in [0.05, 0.1) is 12.8 Å². The number of nitrogens with zero attached hydrogens (tertiary/aromatic N) is 1. The van der Waals surface area contributed by atoms with Crippen LogP contribution >= 0.6 is 0 Å². The molecule has 0 aromatic heterocycles. The number of esters is 1. The molecular weight excluding hydrogens is 294 g/mol. The molecule has 0 bridgehead atoms. The van der Waals surface area contributed by atoms with E-state index < -0.39 is 5.97 Å². The van der Waals surface area contributed by atoms with E-state index in [4.69, 9.17) is 0 Å². The fraction of sp³-hybridized carbons (Fsp3) is 0.167. The van der Waals surface area contributed by atoms with Crippen molar-refractivity contribution in [2.75, 3.05) is 17.2 Å². The second-order valence-corrected chi connectivity index (χ2v) is 6.90. The monoisotopic (exact) mass is 311 g/mol. The van der Waals surface area contributed by atoms with Crippen LogP contribution in [0.5, 0.6) is 0 Å². The van der Waals surface area contributed by atoms with Gasteiger partial charge in [0.25, 0.3) is 0 Å². The Morgan fingerprint density at radius 2 is 1.86 bits per heavy atom. The Morgan fingerprint density at radius 1 is 1.18 bits per heavy atom. The predicted molar refractivity (Wildman–Crippen MR) is 90.4 cm³/mol. The maximum atomic E-state index is 11.4. The average Bonchev–Trinajstić information content (AvgIpc) is 2.59. The van der Waals surface area contributed by atoms with Gasteiger partial charge in [0.15, 0.2) is 4.90 Å². The Morgan fingerprint density at radius 3 is 2.59 bits per heavy atom. The fourth-order valence-corrected chi connectivity index (χ4v) is 4.66. The second kappa shape index (κ2) is 6.28. The molecule has 1 aliphatic rings. The summed E-state index contributed by atoms with van der Waals surface area (Å²) in [7, 11) is 1.36. The van der Waals surface area contributed by atoms with E-state index in [0.717, 1.165) is 11.4 Å². The molecule has 1 aliphatic heterocycles. The molecule has 2 aromatic carbocycles. The molecule has 0 spiro atoms. The molecule has 1 atom stereocenters. The fourth-order valence-electron chi connectivity index (χ4n) is 2.61. The minimum absolute atomic E-state index is 0.137. The van der Waals surface area contributed by atoms with E-state index >= 15 is 0 Å². The Bertz CT molecular complexity index is 727. The largest absolute Gasteiger partial charge is 0.493 e. The van der Waals surface area contributed by atoms with Crippen molar-refractivity contribution in [3.63, 3.8) is 0 Å². The molecule has 3 rings (SSSR count). The summed E-state index contributed by atoms with van der Waals surface area (Å²) in [6, 6.07) is 16.7. The van der Waals surface area contributed by atoms with Crippen molar-refractivity contribution >= 4 is 22.7 Å². The van der Waals surface area contributed by atoms with Crippen molar-refractivity contribution in [1.82, 2.24) is 0 Å². The van der Waals surface area contributed by atoms with E-state index in [0.29, 0.717) is 0 Å². The number of rotatable bonds is 3. The van der Waals surface area contributed by atoms with Crippen molar-refractivity contribution in [2.45, 2.75) is 11.8 Å². The van der Waals surface area contributed by atoms with Gasteiger partial charge in [-0.25, -0.2) is 0 Å². The number of para-hydroxylation sites is 1. The molecule has 0 saturated heterocycles. The highest BCUT2D eigenvalue weighted by Crippen LogP contribution is 2.43. The zero-order valence-electron chi connectivity index (χ0n) is 12.6. The number of benzene rings is 2. The first kappa shape index (κ1) is 14.7. The van der Waals surface area contributed by atoms with E-state index in [-0.39, 0.29) is 11.1 Å². The first-order valence-corrected chi connectivity index (χ1v) is 8.47. The minimum Gasteiger partial charge on any atom is -0.493 e. The lowest BCUT2D eigenvalue weighted by Crippen LogP contribution is -2.31. The third kappa shape index (κ3) is 2.50. The van der Waals surface area contributed by atoms with Gasteiger partial charge in [0.2, 0.25) is 0 Å². The highest BCUT2D eigenvalue weighted by Gasteiger charge is 2.36. The molecule has 1 heterocycles. The van der Waals surface area contributed by atoms with Crippen LogP contribution in [0.4, 0.5) is 5.69 Å². The van der Waals surface area contributed by atoms with E-state index in [1.165, 1.54) is 23.1 Å². The number of ether oxygens (including phenoxy) is 1. The summed E-state index contributed by atoms with van der Waals surface area (Å²) in [6.45, 7) is 2.16. The highest BCUT2D eigenvalue weighted by atomic mass is 32.2. The second-order valence-electron chi connectivity index (χ2n) is 4.76. The number of carbonyl (C=O) groups is 1. The number of hydrogen-bond donors (Lipinski definition) is 0. The molecule has 4 heteroatoms. The van der Waals surface area contributed by atoms with Crippen LogP contribution in [0.25, 0.3) is 11.1 Å². The van der Waals surface area contributed by atoms with Crippen molar-refractivity contribution in [1.29, 1.82) is 0 Å². The molecule has 0 saturated carbocycles.